The van der Waals surface area contributed by atoms with Gasteiger partial charge in [0.05, 0.1) is 5.41 Å². The summed E-state index contributed by atoms with van der Waals surface area (Å²) < 4.78 is 0. The summed E-state index contributed by atoms with van der Waals surface area (Å²) in [6, 6.07) is 0.608. The van der Waals surface area contributed by atoms with Gasteiger partial charge in [-0.05, 0) is 25.7 Å². The second-order valence-corrected chi connectivity index (χ2v) is 3.74. The molecule has 3 rings (SSSR count). The molecule has 12 heavy (non-hydrogen) atoms. The van der Waals surface area contributed by atoms with Crippen molar-refractivity contribution >= 4 is 18.4 Å². The Morgan fingerprint density at radius 3 is 2.25 bits per heavy atom. The molecule has 4 heteroatoms. The van der Waals surface area contributed by atoms with Gasteiger partial charge in [-0.3, -0.25) is 4.79 Å². The molecule has 0 unspecified atom stereocenters. The molecule has 70 valence electrons. The predicted octanol–water partition coefficient (Wildman–Crippen LogP) is 1.02. The van der Waals surface area contributed by atoms with Crippen LogP contribution in [-0.2, 0) is 4.79 Å². The zero-order valence-electron chi connectivity index (χ0n) is 6.88. The monoisotopic (exact) mass is 191 g/mol. The van der Waals surface area contributed by atoms with Crippen molar-refractivity contribution in [3.63, 3.8) is 0 Å². The van der Waals surface area contributed by atoms with Gasteiger partial charge in [0.15, 0.2) is 0 Å². The maximum absolute atomic E-state index is 10.9. The number of aliphatic carboxylic acids is 1. The standard InChI is InChI=1S/C8H13NO2.ClH/c10-7(11)8-3-1-6(2-4-8)9-5-8;/h6,9H,1-5H2,(H,10,11);1H. The Bertz CT molecular complexity index is 174. The SMILES string of the molecule is Cl.O=C(O)C12CCC(CC1)NC2. The molecule has 1 saturated carbocycles. The molecule has 0 aromatic heterocycles. The van der Waals surface area contributed by atoms with E-state index in [4.69, 9.17) is 5.11 Å². The maximum Gasteiger partial charge on any atom is 0.310 e. The van der Waals surface area contributed by atoms with Crippen LogP contribution in [0.2, 0.25) is 0 Å². The number of piperidine rings is 2. The molecule has 0 radical (unpaired) electrons. The van der Waals surface area contributed by atoms with Crippen LogP contribution in [0.1, 0.15) is 25.7 Å². The third-order valence-corrected chi connectivity index (χ3v) is 3.13. The van der Waals surface area contributed by atoms with Crippen LogP contribution in [0.3, 0.4) is 0 Å². The molecule has 1 aliphatic carbocycles. The minimum atomic E-state index is -0.608. The molecule has 0 atom stereocenters. The first-order valence-electron chi connectivity index (χ1n) is 4.20. The summed E-state index contributed by atoms with van der Waals surface area (Å²) in [4.78, 5) is 10.9. The fourth-order valence-electron chi connectivity index (χ4n) is 2.18. The first kappa shape index (κ1) is 9.81. The smallest absolute Gasteiger partial charge is 0.310 e. The molecule has 0 aromatic carbocycles. The summed E-state index contributed by atoms with van der Waals surface area (Å²) in [6.45, 7) is 0.687. The van der Waals surface area contributed by atoms with E-state index in [1.54, 1.807) is 0 Å². The second kappa shape index (κ2) is 3.23. The Labute approximate surface area is 77.9 Å². The molecule has 3 fully saturated rings. The van der Waals surface area contributed by atoms with Gasteiger partial charge < -0.3 is 10.4 Å². The van der Waals surface area contributed by atoms with Crippen LogP contribution in [0.4, 0.5) is 0 Å². The lowest BCUT2D eigenvalue weighted by Crippen LogP contribution is -2.54. The number of carbonyl (C=O) groups is 1. The minimum absolute atomic E-state index is 0. The van der Waals surface area contributed by atoms with Gasteiger partial charge in [-0.1, -0.05) is 0 Å². The quantitative estimate of drug-likeness (QED) is 0.651. The molecule has 2 bridgehead atoms. The van der Waals surface area contributed by atoms with E-state index < -0.39 is 11.4 Å². The topological polar surface area (TPSA) is 49.3 Å². The van der Waals surface area contributed by atoms with E-state index in [0.29, 0.717) is 12.6 Å². The molecule has 3 nitrogen and oxygen atoms in total. The third-order valence-electron chi connectivity index (χ3n) is 3.13. The number of hydrogen-bond acceptors (Lipinski definition) is 2. The van der Waals surface area contributed by atoms with Crippen molar-refractivity contribution in [2.75, 3.05) is 6.54 Å². The van der Waals surface area contributed by atoms with Crippen molar-refractivity contribution in [1.29, 1.82) is 0 Å². The molecule has 2 saturated heterocycles. The highest BCUT2D eigenvalue weighted by Crippen LogP contribution is 2.40. The highest BCUT2D eigenvalue weighted by atomic mass is 35.5. The zero-order valence-corrected chi connectivity index (χ0v) is 7.69. The molecule has 0 aromatic rings. The van der Waals surface area contributed by atoms with Crippen molar-refractivity contribution in [3.8, 4) is 0 Å². The fraction of sp³-hybridized carbons (Fsp3) is 0.875. The first-order chi connectivity index (χ1) is 5.23. The molecule has 2 N–H and O–H groups in total. The first-order valence-corrected chi connectivity index (χ1v) is 4.20. The van der Waals surface area contributed by atoms with Crippen LogP contribution in [0, 0.1) is 5.41 Å². The average Bonchev–Trinajstić information content (AvgIpc) is 2.08. The van der Waals surface area contributed by atoms with Gasteiger partial charge >= 0.3 is 5.97 Å². The van der Waals surface area contributed by atoms with Gasteiger partial charge in [-0.2, -0.15) is 0 Å². The summed E-state index contributed by atoms with van der Waals surface area (Å²) in [6.07, 6.45) is 3.85. The summed E-state index contributed by atoms with van der Waals surface area (Å²) >= 11 is 0. The van der Waals surface area contributed by atoms with Gasteiger partial charge in [0.25, 0.3) is 0 Å². The van der Waals surface area contributed by atoms with Crippen molar-refractivity contribution in [2.24, 2.45) is 5.41 Å². The average molecular weight is 192 g/mol. The highest BCUT2D eigenvalue weighted by molar-refractivity contribution is 5.85. The molecule has 2 heterocycles. The van der Waals surface area contributed by atoms with Crippen molar-refractivity contribution in [3.05, 3.63) is 0 Å². The van der Waals surface area contributed by atoms with E-state index in [0.717, 1.165) is 25.7 Å². The minimum Gasteiger partial charge on any atom is -0.481 e. The van der Waals surface area contributed by atoms with E-state index in [-0.39, 0.29) is 12.4 Å². The largest absolute Gasteiger partial charge is 0.481 e. The van der Waals surface area contributed by atoms with Crippen LogP contribution < -0.4 is 5.32 Å². The summed E-state index contributed by atoms with van der Waals surface area (Å²) in [5, 5.41) is 12.2. The predicted molar refractivity (Wildman–Crippen MR) is 47.6 cm³/mol. The highest BCUT2D eigenvalue weighted by Gasteiger charge is 2.45. The van der Waals surface area contributed by atoms with E-state index >= 15 is 0 Å². The van der Waals surface area contributed by atoms with E-state index in [1.165, 1.54) is 0 Å². The van der Waals surface area contributed by atoms with Crippen LogP contribution >= 0.6 is 12.4 Å². The number of rotatable bonds is 1. The molecule has 0 spiro atoms. The lowest BCUT2D eigenvalue weighted by atomic mass is 9.69. The van der Waals surface area contributed by atoms with Crippen LogP contribution in [0.5, 0.6) is 0 Å². The molecule has 0 amide bonds. The maximum atomic E-state index is 10.9. The zero-order chi connectivity index (χ0) is 7.90. The van der Waals surface area contributed by atoms with E-state index in [1.807, 2.05) is 0 Å². The molecular formula is C8H14ClNO2. The van der Waals surface area contributed by atoms with Crippen LogP contribution in [0.15, 0.2) is 0 Å². The van der Waals surface area contributed by atoms with Crippen molar-refractivity contribution in [1.82, 2.24) is 5.32 Å². The normalized spacial score (nSPS) is 38.8. The molecule has 3 aliphatic rings. The van der Waals surface area contributed by atoms with Crippen molar-refractivity contribution < 1.29 is 9.90 Å². The van der Waals surface area contributed by atoms with Gasteiger partial charge in [-0.25, -0.2) is 0 Å². The Morgan fingerprint density at radius 2 is 2.00 bits per heavy atom. The van der Waals surface area contributed by atoms with Crippen LogP contribution in [-0.4, -0.2) is 23.7 Å². The van der Waals surface area contributed by atoms with E-state index in [9.17, 15) is 4.79 Å². The Balaban J connectivity index is 0.000000720. The van der Waals surface area contributed by atoms with Crippen molar-refractivity contribution in [2.45, 2.75) is 31.7 Å². The Hall–Kier alpha value is -0.280. The second-order valence-electron chi connectivity index (χ2n) is 3.74. The van der Waals surface area contributed by atoms with Gasteiger partial charge in [0.2, 0.25) is 0 Å². The third kappa shape index (κ3) is 1.31. The number of hydrogen-bond donors (Lipinski definition) is 2. The van der Waals surface area contributed by atoms with Crippen LogP contribution in [0.25, 0.3) is 0 Å². The van der Waals surface area contributed by atoms with E-state index in [2.05, 4.69) is 5.32 Å². The lowest BCUT2D eigenvalue weighted by Gasteiger charge is -2.44. The fourth-order valence-corrected chi connectivity index (χ4v) is 2.18. The Morgan fingerprint density at radius 1 is 1.42 bits per heavy atom. The summed E-state index contributed by atoms with van der Waals surface area (Å²) in [5.41, 5.74) is -0.408. The lowest BCUT2D eigenvalue weighted by molar-refractivity contribution is -0.153. The summed E-state index contributed by atoms with van der Waals surface area (Å²) in [5.74, 6) is -0.608. The van der Waals surface area contributed by atoms with Gasteiger partial charge in [0, 0.05) is 12.6 Å². The van der Waals surface area contributed by atoms with Gasteiger partial charge in [0.1, 0.15) is 0 Å². The summed E-state index contributed by atoms with van der Waals surface area (Å²) in [7, 11) is 0. The number of carboxylic acids is 1. The Kier molecular flexibility index (Phi) is 2.64. The number of fused-ring (bicyclic) bond motifs is 3. The van der Waals surface area contributed by atoms with Gasteiger partial charge in [-0.15, -0.1) is 12.4 Å². The number of carboxylic acid groups (broad SMARTS) is 1. The molecular weight excluding hydrogens is 178 g/mol. The molecule has 2 aliphatic heterocycles. The number of halogens is 1. The number of nitrogens with one attached hydrogen (secondary N) is 1.